The molecule has 24 heavy (non-hydrogen) atoms. The van der Waals surface area contributed by atoms with Gasteiger partial charge in [0.2, 0.25) is 0 Å². The Morgan fingerprint density at radius 3 is 2.96 bits per heavy atom. The Labute approximate surface area is 148 Å². The topological polar surface area (TPSA) is 88.0 Å². The molecule has 3 rings (SSSR count). The predicted octanol–water partition coefficient (Wildman–Crippen LogP) is 0.852. The van der Waals surface area contributed by atoms with Crippen molar-refractivity contribution in [2.45, 2.75) is 39.2 Å². The summed E-state index contributed by atoms with van der Waals surface area (Å²) in [6.07, 6.45) is 5.63. The van der Waals surface area contributed by atoms with Crippen LogP contribution < -0.4 is 21.7 Å². The lowest BCUT2D eigenvalue weighted by molar-refractivity contribution is -0.122. The molecule has 2 heterocycles. The summed E-state index contributed by atoms with van der Waals surface area (Å²) in [5, 5.41) is 3.87. The number of aromatic nitrogens is 2. The monoisotopic (exact) mass is 365 g/mol. The number of aryl methyl sites for hydroxylation is 2. The molecule has 7 nitrogen and oxygen atoms in total. The molecule has 0 saturated carbocycles. The molecule has 2 aromatic heterocycles. The zero-order valence-corrected chi connectivity index (χ0v) is 15.0. The van der Waals surface area contributed by atoms with Crippen molar-refractivity contribution in [3.05, 3.63) is 27.1 Å². The number of fused-ring (bicyclic) bond motifs is 3. The van der Waals surface area contributed by atoms with Crippen molar-refractivity contribution in [1.82, 2.24) is 25.7 Å². The van der Waals surface area contributed by atoms with Crippen LogP contribution in [0.25, 0.3) is 10.2 Å². The Morgan fingerprint density at radius 1 is 1.38 bits per heavy atom. The van der Waals surface area contributed by atoms with Crippen LogP contribution in [0.1, 0.15) is 30.2 Å². The minimum atomic E-state index is -0.359. The van der Waals surface area contributed by atoms with E-state index in [1.807, 2.05) is 6.92 Å². The molecular weight excluding hydrogens is 346 g/mol. The number of carbonyl (C=O) groups excluding carboxylic acids is 1. The van der Waals surface area contributed by atoms with E-state index in [9.17, 15) is 9.59 Å². The molecule has 0 fully saturated rings. The second kappa shape index (κ2) is 7.27. The molecule has 2 aromatic rings. The number of nitrogens with one attached hydrogen (secondary N) is 3. The van der Waals surface area contributed by atoms with E-state index in [4.69, 9.17) is 12.2 Å². The predicted molar refractivity (Wildman–Crippen MR) is 98.1 cm³/mol. The molecule has 0 bridgehead atoms. The maximum Gasteiger partial charge on any atom is 0.262 e. The Bertz CT molecular complexity index is 842. The summed E-state index contributed by atoms with van der Waals surface area (Å²) < 4.78 is 1.34. The van der Waals surface area contributed by atoms with E-state index in [1.54, 1.807) is 11.3 Å². The zero-order valence-electron chi connectivity index (χ0n) is 13.3. The Kier molecular flexibility index (Phi) is 5.10. The maximum absolute atomic E-state index is 12.7. The van der Waals surface area contributed by atoms with E-state index >= 15 is 0 Å². The van der Waals surface area contributed by atoms with Gasteiger partial charge in [-0.3, -0.25) is 25.0 Å². The quantitative estimate of drug-likeness (QED) is 0.552. The molecule has 0 radical (unpaired) electrons. The van der Waals surface area contributed by atoms with Crippen LogP contribution in [0.4, 0.5) is 0 Å². The van der Waals surface area contributed by atoms with Gasteiger partial charge in [0, 0.05) is 11.4 Å². The van der Waals surface area contributed by atoms with Crippen molar-refractivity contribution >= 4 is 44.8 Å². The van der Waals surface area contributed by atoms with Crippen LogP contribution in [0.2, 0.25) is 0 Å². The number of hydrogen-bond acceptors (Lipinski definition) is 5. The van der Waals surface area contributed by atoms with Gasteiger partial charge in [-0.2, -0.15) is 0 Å². The van der Waals surface area contributed by atoms with Gasteiger partial charge in [0.1, 0.15) is 11.4 Å². The first-order valence-electron chi connectivity index (χ1n) is 7.92. The summed E-state index contributed by atoms with van der Waals surface area (Å²) in [4.78, 5) is 31.1. The van der Waals surface area contributed by atoms with E-state index in [0.717, 1.165) is 36.1 Å². The Balaban J connectivity index is 1.78. The van der Waals surface area contributed by atoms with Crippen molar-refractivity contribution in [3.63, 3.8) is 0 Å². The van der Waals surface area contributed by atoms with Crippen LogP contribution >= 0.6 is 23.6 Å². The van der Waals surface area contributed by atoms with Crippen molar-refractivity contribution in [3.8, 4) is 0 Å². The first-order valence-corrected chi connectivity index (χ1v) is 9.15. The van der Waals surface area contributed by atoms with Crippen LogP contribution in [0, 0.1) is 0 Å². The van der Waals surface area contributed by atoms with Gasteiger partial charge in [0.05, 0.1) is 11.7 Å². The summed E-state index contributed by atoms with van der Waals surface area (Å²) in [5.41, 5.74) is 6.04. The lowest BCUT2D eigenvalue weighted by Crippen LogP contribution is -2.48. The third-order valence-corrected chi connectivity index (χ3v) is 5.35. The summed E-state index contributed by atoms with van der Waals surface area (Å²) >= 11 is 6.56. The number of rotatable bonds is 3. The molecule has 1 amide bonds. The molecule has 0 aliphatic heterocycles. The van der Waals surface area contributed by atoms with Gasteiger partial charge in [0.15, 0.2) is 5.11 Å². The largest absolute Gasteiger partial charge is 0.362 e. The van der Waals surface area contributed by atoms with E-state index < -0.39 is 0 Å². The van der Waals surface area contributed by atoms with Crippen molar-refractivity contribution < 1.29 is 4.79 Å². The number of carbonyl (C=O) groups is 1. The minimum absolute atomic E-state index is 0.103. The summed E-state index contributed by atoms with van der Waals surface area (Å²) in [5.74, 6) is -0.359. The average Bonchev–Trinajstić information content (AvgIpc) is 2.95. The number of thiocarbonyl (C=S) groups is 1. The highest BCUT2D eigenvalue weighted by atomic mass is 32.1. The van der Waals surface area contributed by atoms with Crippen molar-refractivity contribution in [2.75, 3.05) is 6.54 Å². The van der Waals surface area contributed by atoms with Gasteiger partial charge >= 0.3 is 0 Å². The molecule has 128 valence electrons. The van der Waals surface area contributed by atoms with Gasteiger partial charge in [-0.1, -0.05) is 0 Å². The highest BCUT2D eigenvalue weighted by molar-refractivity contribution is 7.80. The fourth-order valence-electron chi connectivity index (χ4n) is 2.82. The number of hydrogen-bond donors (Lipinski definition) is 3. The molecule has 9 heteroatoms. The number of amides is 1. The van der Waals surface area contributed by atoms with Gasteiger partial charge in [-0.15, -0.1) is 11.3 Å². The smallest absolute Gasteiger partial charge is 0.262 e. The van der Waals surface area contributed by atoms with Gasteiger partial charge in [0.25, 0.3) is 11.5 Å². The van der Waals surface area contributed by atoms with Crippen LogP contribution in [-0.4, -0.2) is 27.1 Å². The molecule has 0 atom stereocenters. The van der Waals surface area contributed by atoms with Crippen molar-refractivity contribution in [1.29, 1.82) is 0 Å². The first-order chi connectivity index (χ1) is 11.6. The van der Waals surface area contributed by atoms with E-state index in [1.165, 1.54) is 15.8 Å². The van der Waals surface area contributed by atoms with Crippen LogP contribution in [0.3, 0.4) is 0 Å². The third-order valence-electron chi connectivity index (χ3n) is 3.91. The zero-order chi connectivity index (χ0) is 17.1. The Hall–Kier alpha value is -2.00. The van der Waals surface area contributed by atoms with Crippen molar-refractivity contribution in [2.24, 2.45) is 0 Å². The fraction of sp³-hybridized carbons (Fsp3) is 0.467. The second-order valence-electron chi connectivity index (χ2n) is 5.60. The lowest BCUT2D eigenvalue weighted by Gasteiger charge is -2.12. The lowest BCUT2D eigenvalue weighted by atomic mass is 9.97. The standard InChI is InChI=1S/C15H19N5O2S2/c1-2-16-15(23)19-18-11(21)7-20-8-17-13-12(14(20)22)9-5-3-4-6-10(9)24-13/h8H,2-7H2,1H3,(H,18,21)(H2,16,19,23). The summed E-state index contributed by atoms with van der Waals surface area (Å²) in [6.45, 7) is 2.46. The number of nitrogens with zero attached hydrogens (tertiary/aromatic N) is 2. The highest BCUT2D eigenvalue weighted by Gasteiger charge is 2.20. The molecule has 0 spiro atoms. The molecule has 0 aromatic carbocycles. The van der Waals surface area contributed by atoms with E-state index in [0.29, 0.717) is 17.0 Å². The van der Waals surface area contributed by atoms with Gasteiger partial charge in [-0.05, 0) is 50.4 Å². The Morgan fingerprint density at radius 2 is 2.17 bits per heavy atom. The second-order valence-corrected chi connectivity index (χ2v) is 7.09. The SMILES string of the molecule is CCNC(=S)NNC(=O)Cn1cnc2sc3c(c2c1=O)CCCC3. The average molecular weight is 365 g/mol. The highest BCUT2D eigenvalue weighted by Crippen LogP contribution is 2.33. The molecule has 3 N–H and O–H groups in total. The third kappa shape index (κ3) is 3.41. The first kappa shape index (κ1) is 16.8. The molecule has 0 saturated heterocycles. The molecule has 1 aliphatic carbocycles. The maximum atomic E-state index is 12.7. The fourth-order valence-corrected chi connectivity index (χ4v) is 4.23. The van der Waals surface area contributed by atoms with Crippen LogP contribution in [0.15, 0.2) is 11.1 Å². The van der Waals surface area contributed by atoms with Crippen LogP contribution in [-0.2, 0) is 24.2 Å². The number of hydrazine groups is 1. The minimum Gasteiger partial charge on any atom is -0.362 e. The number of thiophene rings is 1. The van der Waals surface area contributed by atoms with Crippen LogP contribution in [0.5, 0.6) is 0 Å². The summed E-state index contributed by atoms with van der Waals surface area (Å²) in [7, 11) is 0. The van der Waals surface area contributed by atoms with E-state index in [-0.39, 0.29) is 18.0 Å². The molecular formula is C15H19N5O2S2. The normalized spacial score (nSPS) is 13.4. The van der Waals surface area contributed by atoms with Gasteiger partial charge in [-0.25, -0.2) is 4.98 Å². The molecule has 1 aliphatic rings. The summed E-state index contributed by atoms with van der Waals surface area (Å²) in [6, 6.07) is 0. The van der Waals surface area contributed by atoms with E-state index in [2.05, 4.69) is 21.2 Å². The molecule has 0 unspecified atom stereocenters. The van der Waals surface area contributed by atoms with Gasteiger partial charge < -0.3 is 5.32 Å².